The maximum atomic E-state index is 8.91. The van der Waals surface area contributed by atoms with Crippen molar-refractivity contribution in [2.75, 3.05) is 0 Å². The van der Waals surface area contributed by atoms with E-state index in [1.807, 2.05) is 0 Å². The Kier molecular flexibility index (Phi) is 1.30. The lowest BCUT2D eigenvalue weighted by Gasteiger charge is -1.97. The van der Waals surface area contributed by atoms with Gasteiger partial charge in [0.1, 0.15) is 11.5 Å². The van der Waals surface area contributed by atoms with Gasteiger partial charge in [0.2, 0.25) is 0 Å². The van der Waals surface area contributed by atoms with Gasteiger partial charge in [-0.25, -0.2) is 0 Å². The van der Waals surface area contributed by atoms with Crippen molar-refractivity contribution in [2.24, 2.45) is 0 Å². The Morgan fingerprint density at radius 1 is 1.22 bits per heavy atom. The molecule has 0 fully saturated rings. The first-order chi connectivity index (χ1) is 4.22. The molecular weight excluding hydrogens is 116 g/mol. The fraction of sp³-hybridized carbons (Fsp3) is 0.143. The Labute approximate surface area is 53.4 Å². The summed E-state index contributed by atoms with van der Waals surface area (Å²) < 4.78 is 0. The summed E-state index contributed by atoms with van der Waals surface area (Å²) in [6.07, 6.45) is 0. The highest BCUT2D eigenvalue weighted by Crippen LogP contribution is 2.23. The van der Waals surface area contributed by atoms with Crippen LogP contribution in [0.15, 0.2) is 12.1 Å². The SMILES string of the molecule is Cc1c(O)c[c]cc1O. The minimum atomic E-state index is 0.0787. The van der Waals surface area contributed by atoms with E-state index in [1.165, 1.54) is 12.1 Å². The average Bonchev–Trinajstić information content (AvgIpc) is 1.83. The van der Waals surface area contributed by atoms with E-state index in [9.17, 15) is 0 Å². The Hall–Kier alpha value is -1.18. The molecular formula is C7H7O2. The quantitative estimate of drug-likeness (QED) is 0.544. The molecule has 0 aliphatic heterocycles. The number of phenolic OH excluding ortho intramolecular Hbond substituents is 2. The van der Waals surface area contributed by atoms with Crippen molar-refractivity contribution >= 4 is 0 Å². The van der Waals surface area contributed by atoms with Crippen molar-refractivity contribution in [3.05, 3.63) is 23.8 Å². The molecule has 0 spiro atoms. The minimum absolute atomic E-state index is 0.0787. The van der Waals surface area contributed by atoms with E-state index in [-0.39, 0.29) is 11.5 Å². The van der Waals surface area contributed by atoms with Gasteiger partial charge in [-0.15, -0.1) is 0 Å². The van der Waals surface area contributed by atoms with Crippen LogP contribution in [0.4, 0.5) is 0 Å². The summed E-state index contributed by atoms with van der Waals surface area (Å²) in [7, 11) is 0. The summed E-state index contributed by atoms with van der Waals surface area (Å²) in [4.78, 5) is 0. The first-order valence-electron chi connectivity index (χ1n) is 2.60. The highest BCUT2D eigenvalue weighted by molar-refractivity contribution is 5.40. The fourth-order valence-corrected chi connectivity index (χ4v) is 0.547. The third-order valence-electron chi connectivity index (χ3n) is 1.21. The molecule has 0 heterocycles. The lowest BCUT2D eigenvalue weighted by atomic mass is 10.2. The maximum Gasteiger partial charge on any atom is 0.122 e. The summed E-state index contributed by atoms with van der Waals surface area (Å²) in [5, 5.41) is 17.8. The second-order valence-electron chi connectivity index (χ2n) is 1.85. The molecule has 0 bridgehead atoms. The van der Waals surface area contributed by atoms with E-state index in [1.54, 1.807) is 6.92 Å². The predicted molar refractivity (Wildman–Crippen MR) is 33.3 cm³/mol. The van der Waals surface area contributed by atoms with Crippen LogP contribution in [-0.4, -0.2) is 10.2 Å². The number of hydrogen-bond acceptors (Lipinski definition) is 2. The van der Waals surface area contributed by atoms with E-state index in [2.05, 4.69) is 6.07 Å². The zero-order chi connectivity index (χ0) is 6.85. The molecule has 1 rings (SSSR count). The van der Waals surface area contributed by atoms with Gasteiger partial charge < -0.3 is 10.2 Å². The summed E-state index contributed by atoms with van der Waals surface area (Å²) in [5.41, 5.74) is 0.494. The second-order valence-corrected chi connectivity index (χ2v) is 1.85. The molecule has 0 aliphatic carbocycles. The van der Waals surface area contributed by atoms with Gasteiger partial charge in [-0.1, -0.05) is 0 Å². The van der Waals surface area contributed by atoms with Crippen molar-refractivity contribution in [1.82, 2.24) is 0 Å². The third kappa shape index (κ3) is 0.964. The molecule has 2 heteroatoms. The fourth-order valence-electron chi connectivity index (χ4n) is 0.547. The highest BCUT2D eigenvalue weighted by atomic mass is 16.3. The van der Waals surface area contributed by atoms with E-state index in [0.29, 0.717) is 5.56 Å². The molecule has 2 N–H and O–H groups in total. The van der Waals surface area contributed by atoms with E-state index in [4.69, 9.17) is 10.2 Å². The van der Waals surface area contributed by atoms with Gasteiger partial charge in [0, 0.05) is 5.56 Å². The van der Waals surface area contributed by atoms with Gasteiger partial charge in [-0.2, -0.15) is 0 Å². The molecule has 0 aromatic heterocycles. The Morgan fingerprint density at radius 2 is 1.67 bits per heavy atom. The summed E-state index contributed by atoms with van der Waals surface area (Å²) in [6, 6.07) is 5.39. The van der Waals surface area contributed by atoms with Gasteiger partial charge in [-0.3, -0.25) is 0 Å². The minimum Gasteiger partial charge on any atom is -0.508 e. The molecule has 9 heavy (non-hydrogen) atoms. The topological polar surface area (TPSA) is 40.5 Å². The zero-order valence-electron chi connectivity index (χ0n) is 5.05. The lowest BCUT2D eigenvalue weighted by Crippen LogP contribution is -1.73. The third-order valence-corrected chi connectivity index (χ3v) is 1.21. The molecule has 0 atom stereocenters. The van der Waals surface area contributed by atoms with Crippen LogP contribution >= 0.6 is 0 Å². The van der Waals surface area contributed by atoms with E-state index in [0.717, 1.165) is 0 Å². The Morgan fingerprint density at radius 3 is 2.00 bits per heavy atom. The smallest absolute Gasteiger partial charge is 0.122 e. The predicted octanol–water partition coefficient (Wildman–Crippen LogP) is 1.21. The largest absolute Gasteiger partial charge is 0.508 e. The van der Waals surface area contributed by atoms with Gasteiger partial charge in [0.05, 0.1) is 0 Å². The summed E-state index contributed by atoms with van der Waals surface area (Å²) in [6.45, 7) is 1.64. The molecule has 0 aliphatic rings. The molecule has 0 saturated heterocycles. The van der Waals surface area contributed by atoms with Gasteiger partial charge in [-0.05, 0) is 25.1 Å². The standard InChI is InChI=1S/C7H7O2/c1-5-6(8)3-2-4-7(5)9/h3-4,8-9H,1H3. The van der Waals surface area contributed by atoms with Crippen molar-refractivity contribution < 1.29 is 10.2 Å². The molecule has 2 nitrogen and oxygen atoms in total. The van der Waals surface area contributed by atoms with Crippen molar-refractivity contribution in [3.63, 3.8) is 0 Å². The van der Waals surface area contributed by atoms with Gasteiger partial charge in [0.25, 0.3) is 0 Å². The van der Waals surface area contributed by atoms with Crippen molar-refractivity contribution in [2.45, 2.75) is 6.92 Å². The average molecular weight is 123 g/mol. The normalized spacial score (nSPS) is 9.44. The van der Waals surface area contributed by atoms with Gasteiger partial charge in [0.15, 0.2) is 0 Å². The van der Waals surface area contributed by atoms with Crippen LogP contribution in [0.1, 0.15) is 5.56 Å². The van der Waals surface area contributed by atoms with E-state index < -0.39 is 0 Å². The Balaban J connectivity index is 3.25. The van der Waals surface area contributed by atoms with Crippen LogP contribution in [0.5, 0.6) is 11.5 Å². The molecule has 0 unspecified atom stereocenters. The summed E-state index contributed by atoms with van der Waals surface area (Å²) >= 11 is 0. The zero-order valence-corrected chi connectivity index (χ0v) is 5.05. The monoisotopic (exact) mass is 123 g/mol. The van der Waals surface area contributed by atoms with Crippen molar-refractivity contribution in [3.8, 4) is 11.5 Å². The van der Waals surface area contributed by atoms with Crippen LogP contribution in [0.2, 0.25) is 0 Å². The molecule has 1 aromatic rings. The Bertz CT molecular complexity index is 198. The van der Waals surface area contributed by atoms with Crippen LogP contribution in [-0.2, 0) is 0 Å². The van der Waals surface area contributed by atoms with Gasteiger partial charge >= 0.3 is 0 Å². The molecule has 1 radical (unpaired) electrons. The van der Waals surface area contributed by atoms with Crippen LogP contribution in [0, 0.1) is 13.0 Å². The molecule has 1 aromatic carbocycles. The molecule has 0 saturated carbocycles. The van der Waals surface area contributed by atoms with Crippen LogP contribution in [0.25, 0.3) is 0 Å². The number of phenols is 2. The van der Waals surface area contributed by atoms with Crippen LogP contribution < -0.4 is 0 Å². The first-order valence-corrected chi connectivity index (χ1v) is 2.60. The van der Waals surface area contributed by atoms with Crippen molar-refractivity contribution in [1.29, 1.82) is 0 Å². The maximum absolute atomic E-state index is 8.91. The van der Waals surface area contributed by atoms with E-state index >= 15 is 0 Å². The highest BCUT2D eigenvalue weighted by Gasteiger charge is 1.97. The lowest BCUT2D eigenvalue weighted by molar-refractivity contribution is 0.443. The number of rotatable bonds is 0. The molecule has 0 amide bonds. The first kappa shape index (κ1) is 5.95. The molecule has 47 valence electrons. The second kappa shape index (κ2) is 1.97. The number of hydrogen-bond donors (Lipinski definition) is 2. The number of aromatic hydroxyl groups is 2. The summed E-state index contributed by atoms with van der Waals surface area (Å²) in [5.74, 6) is 0.157. The van der Waals surface area contributed by atoms with Crippen LogP contribution in [0.3, 0.4) is 0 Å². The number of benzene rings is 1.